The molecule has 1 aliphatic carbocycles. The highest BCUT2D eigenvalue weighted by Crippen LogP contribution is 2.35. The van der Waals surface area contributed by atoms with Crippen molar-refractivity contribution in [2.24, 2.45) is 0 Å². The van der Waals surface area contributed by atoms with Gasteiger partial charge < -0.3 is 5.73 Å². The van der Waals surface area contributed by atoms with Crippen LogP contribution in [-0.4, -0.2) is 9.78 Å². The summed E-state index contributed by atoms with van der Waals surface area (Å²) in [6.07, 6.45) is 2.53. The van der Waals surface area contributed by atoms with Gasteiger partial charge in [-0.15, -0.1) is 12.4 Å². The van der Waals surface area contributed by atoms with Gasteiger partial charge in [-0.1, -0.05) is 0 Å². The van der Waals surface area contributed by atoms with E-state index in [1.807, 2.05) is 17.7 Å². The van der Waals surface area contributed by atoms with E-state index < -0.39 is 0 Å². The molecule has 0 aliphatic heterocycles. The molecule has 1 fully saturated rings. The maximum Gasteiger partial charge on any atom is 0.145 e. The first-order valence-electron chi connectivity index (χ1n) is 3.59. The summed E-state index contributed by atoms with van der Waals surface area (Å²) in [5, 5.41) is 4.17. The second-order valence-corrected chi connectivity index (χ2v) is 2.89. The summed E-state index contributed by atoms with van der Waals surface area (Å²) in [6.45, 7) is 2.04. The van der Waals surface area contributed by atoms with Gasteiger partial charge in [0, 0.05) is 11.8 Å². The Hall–Kier alpha value is -0.700. The van der Waals surface area contributed by atoms with Crippen LogP contribution in [0.2, 0.25) is 0 Å². The Morgan fingerprint density at radius 3 is 2.64 bits per heavy atom. The van der Waals surface area contributed by atoms with Gasteiger partial charge >= 0.3 is 0 Å². The highest BCUT2D eigenvalue weighted by molar-refractivity contribution is 5.85. The predicted octanol–water partition coefficient (Wildman–Crippen LogP) is 1.53. The molecule has 2 N–H and O–H groups in total. The second kappa shape index (κ2) is 2.74. The summed E-state index contributed by atoms with van der Waals surface area (Å²) in [5.74, 6) is 0.643. The fourth-order valence-electron chi connectivity index (χ4n) is 1.20. The Bertz CT molecular complexity index is 252. The van der Waals surface area contributed by atoms with Crippen LogP contribution in [0.1, 0.15) is 24.6 Å². The Kier molecular flexibility index (Phi) is 2.09. The van der Waals surface area contributed by atoms with Gasteiger partial charge in [0.2, 0.25) is 0 Å². The van der Waals surface area contributed by atoms with Crippen LogP contribution < -0.4 is 5.73 Å². The lowest BCUT2D eigenvalue weighted by molar-refractivity contribution is 0.625. The molecule has 0 atom stereocenters. The molecule has 1 heterocycles. The molecule has 0 bridgehead atoms. The van der Waals surface area contributed by atoms with Crippen molar-refractivity contribution >= 4 is 18.2 Å². The molecule has 1 aromatic rings. The molecule has 0 amide bonds. The van der Waals surface area contributed by atoms with Gasteiger partial charge in [-0.25, -0.2) is 0 Å². The van der Waals surface area contributed by atoms with Crippen LogP contribution in [0.5, 0.6) is 0 Å². The molecule has 11 heavy (non-hydrogen) atoms. The molecule has 1 saturated carbocycles. The number of aryl methyl sites for hydroxylation is 1. The number of nitrogens with zero attached hydrogens (tertiary/aromatic N) is 2. The van der Waals surface area contributed by atoms with Gasteiger partial charge in [0.25, 0.3) is 0 Å². The lowest BCUT2D eigenvalue weighted by Gasteiger charge is -1.97. The highest BCUT2D eigenvalue weighted by atomic mass is 35.5. The average Bonchev–Trinajstić information content (AvgIpc) is 2.61. The summed E-state index contributed by atoms with van der Waals surface area (Å²) >= 11 is 0. The highest BCUT2D eigenvalue weighted by Gasteiger charge is 2.25. The summed E-state index contributed by atoms with van der Waals surface area (Å²) in [5.41, 5.74) is 6.69. The van der Waals surface area contributed by atoms with Gasteiger partial charge in [0.05, 0.1) is 6.04 Å². The van der Waals surface area contributed by atoms with Crippen LogP contribution in [-0.2, 0) is 0 Å². The van der Waals surface area contributed by atoms with E-state index in [1.54, 1.807) is 0 Å². The first-order chi connectivity index (χ1) is 4.77. The lowest BCUT2D eigenvalue weighted by atomic mass is 10.4. The van der Waals surface area contributed by atoms with Crippen molar-refractivity contribution in [3.05, 3.63) is 11.8 Å². The largest absolute Gasteiger partial charge is 0.382 e. The summed E-state index contributed by atoms with van der Waals surface area (Å²) in [6, 6.07) is 2.57. The number of aromatic nitrogens is 2. The quantitative estimate of drug-likeness (QED) is 0.700. The number of halogens is 1. The average molecular weight is 174 g/mol. The first kappa shape index (κ1) is 8.40. The minimum Gasteiger partial charge on any atom is -0.382 e. The van der Waals surface area contributed by atoms with Crippen molar-refractivity contribution in [2.45, 2.75) is 25.8 Å². The fourth-order valence-corrected chi connectivity index (χ4v) is 1.20. The minimum absolute atomic E-state index is 0. The molecule has 4 heteroatoms. The summed E-state index contributed by atoms with van der Waals surface area (Å²) in [7, 11) is 0. The molecule has 1 aromatic heterocycles. The van der Waals surface area contributed by atoms with Gasteiger partial charge in [-0.05, 0) is 19.8 Å². The number of anilines is 1. The van der Waals surface area contributed by atoms with Gasteiger partial charge in [-0.3, -0.25) is 4.68 Å². The maximum absolute atomic E-state index is 5.51. The van der Waals surface area contributed by atoms with E-state index in [-0.39, 0.29) is 12.4 Å². The Balaban J connectivity index is 0.000000605. The van der Waals surface area contributed by atoms with Crippen molar-refractivity contribution in [2.75, 3.05) is 5.73 Å². The van der Waals surface area contributed by atoms with E-state index in [4.69, 9.17) is 5.73 Å². The van der Waals surface area contributed by atoms with E-state index in [0.29, 0.717) is 11.9 Å². The van der Waals surface area contributed by atoms with Crippen molar-refractivity contribution in [3.63, 3.8) is 0 Å². The van der Waals surface area contributed by atoms with Crippen LogP contribution >= 0.6 is 12.4 Å². The van der Waals surface area contributed by atoms with Crippen LogP contribution in [0, 0.1) is 6.92 Å². The molecule has 1 aliphatic rings. The third-order valence-corrected chi connectivity index (χ3v) is 1.83. The molecule has 0 aromatic carbocycles. The molecule has 0 saturated heterocycles. The zero-order valence-electron chi connectivity index (χ0n) is 6.45. The number of hydrogen-bond donors (Lipinski definition) is 1. The second-order valence-electron chi connectivity index (χ2n) is 2.89. The monoisotopic (exact) mass is 173 g/mol. The lowest BCUT2D eigenvalue weighted by Crippen LogP contribution is -1.98. The molecule has 2 rings (SSSR count). The fraction of sp³-hybridized carbons (Fsp3) is 0.571. The van der Waals surface area contributed by atoms with Crippen molar-refractivity contribution in [1.82, 2.24) is 9.78 Å². The Labute approximate surface area is 72.0 Å². The van der Waals surface area contributed by atoms with Gasteiger partial charge in [0.1, 0.15) is 5.82 Å². The van der Waals surface area contributed by atoms with Crippen LogP contribution in [0.25, 0.3) is 0 Å². The third-order valence-electron chi connectivity index (χ3n) is 1.83. The molecule has 3 nitrogen and oxygen atoms in total. The van der Waals surface area contributed by atoms with E-state index in [9.17, 15) is 0 Å². The van der Waals surface area contributed by atoms with Crippen LogP contribution in [0.3, 0.4) is 0 Å². The number of nitrogen functional groups attached to an aromatic ring is 1. The zero-order valence-corrected chi connectivity index (χ0v) is 7.27. The molecule has 0 radical (unpaired) electrons. The number of hydrogen-bond acceptors (Lipinski definition) is 2. The number of nitrogens with two attached hydrogens (primary N) is 1. The molecular weight excluding hydrogens is 162 g/mol. The Morgan fingerprint density at radius 1 is 1.64 bits per heavy atom. The van der Waals surface area contributed by atoms with Crippen molar-refractivity contribution in [1.29, 1.82) is 0 Å². The summed E-state index contributed by atoms with van der Waals surface area (Å²) < 4.78 is 2.02. The third kappa shape index (κ3) is 1.48. The summed E-state index contributed by atoms with van der Waals surface area (Å²) in [4.78, 5) is 0. The standard InChI is InChI=1S/C7H11N3.ClH/c1-5-4-7(8)9-10(5)6-2-3-6;/h4,6H,2-3H2,1H3,(H2,8,9);1H. The predicted molar refractivity (Wildman–Crippen MR) is 46.9 cm³/mol. The zero-order chi connectivity index (χ0) is 7.14. The van der Waals surface area contributed by atoms with E-state index in [2.05, 4.69) is 5.10 Å². The van der Waals surface area contributed by atoms with Gasteiger partial charge in [0.15, 0.2) is 0 Å². The molecule has 62 valence electrons. The molecule has 0 unspecified atom stereocenters. The minimum atomic E-state index is 0. The van der Waals surface area contributed by atoms with Crippen LogP contribution in [0.15, 0.2) is 6.07 Å². The normalized spacial score (nSPS) is 16.1. The van der Waals surface area contributed by atoms with E-state index in [0.717, 1.165) is 0 Å². The Morgan fingerprint density at radius 2 is 2.27 bits per heavy atom. The maximum atomic E-state index is 5.51. The smallest absolute Gasteiger partial charge is 0.145 e. The van der Waals surface area contributed by atoms with E-state index >= 15 is 0 Å². The van der Waals surface area contributed by atoms with Crippen molar-refractivity contribution in [3.8, 4) is 0 Å². The van der Waals surface area contributed by atoms with Crippen molar-refractivity contribution < 1.29 is 0 Å². The van der Waals surface area contributed by atoms with E-state index in [1.165, 1.54) is 18.5 Å². The van der Waals surface area contributed by atoms with Gasteiger partial charge in [-0.2, -0.15) is 5.10 Å². The topological polar surface area (TPSA) is 43.8 Å². The SMILES string of the molecule is Cc1cc(N)nn1C1CC1.Cl. The number of rotatable bonds is 1. The molecular formula is C7H12ClN3. The molecule has 0 spiro atoms. The van der Waals surface area contributed by atoms with Crippen LogP contribution in [0.4, 0.5) is 5.82 Å². The first-order valence-corrected chi connectivity index (χ1v) is 3.59.